The Hall–Kier alpha value is -1.59. The maximum atomic E-state index is 12.0. The molecule has 0 radical (unpaired) electrons. The highest BCUT2D eigenvalue weighted by molar-refractivity contribution is 7.09. The van der Waals surface area contributed by atoms with Crippen molar-refractivity contribution in [2.45, 2.75) is 6.54 Å². The van der Waals surface area contributed by atoms with Gasteiger partial charge in [0.2, 0.25) is 0 Å². The molecular formula is C12H12ClN3OS. The van der Waals surface area contributed by atoms with E-state index in [1.165, 1.54) is 6.20 Å². The molecule has 2 aromatic rings. The van der Waals surface area contributed by atoms with Crippen molar-refractivity contribution >= 4 is 34.7 Å². The van der Waals surface area contributed by atoms with Gasteiger partial charge in [0.05, 0.1) is 17.1 Å². The lowest BCUT2D eigenvalue weighted by Crippen LogP contribution is -2.22. The quantitative estimate of drug-likeness (QED) is 0.906. The summed E-state index contributed by atoms with van der Waals surface area (Å²) in [6, 6.07) is 5.55. The smallest absolute Gasteiger partial charge is 0.253 e. The number of carbonyl (C=O) groups excluding carboxylic acids is 1. The molecule has 18 heavy (non-hydrogen) atoms. The Kier molecular flexibility index (Phi) is 4.17. The summed E-state index contributed by atoms with van der Waals surface area (Å²) in [5.74, 6) is 0.410. The number of nitrogens with zero attached hydrogens (tertiary/aromatic N) is 1. The van der Waals surface area contributed by atoms with E-state index in [1.54, 1.807) is 24.5 Å². The van der Waals surface area contributed by atoms with E-state index >= 15 is 0 Å². The van der Waals surface area contributed by atoms with Crippen molar-refractivity contribution in [3.05, 3.63) is 45.2 Å². The van der Waals surface area contributed by atoms with Crippen LogP contribution in [0, 0.1) is 0 Å². The first kappa shape index (κ1) is 12.9. The molecule has 0 aliphatic rings. The molecule has 0 aliphatic carbocycles. The Morgan fingerprint density at radius 3 is 3.06 bits per heavy atom. The fourth-order valence-electron chi connectivity index (χ4n) is 1.43. The molecule has 0 unspecified atom stereocenters. The Bertz CT molecular complexity index is 542. The summed E-state index contributed by atoms with van der Waals surface area (Å²) in [5.41, 5.74) is 0.424. The fraction of sp³-hybridized carbons (Fsp3) is 0.167. The lowest BCUT2D eigenvalue weighted by atomic mass is 10.2. The van der Waals surface area contributed by atoms with Crippen LogP contribution in [-0.2, 0) is 6.54 Å². The van der Waals surface area contributed by atoms with E-state index in [1.807, 2.05) is 17.5 Å². The molecule has 94 valence electrons. The van der Waals surface area contributed by atoms with Crippen molar-refractivity contribution in [3.63, 3.8) is 0 Å². The van der Waals surface area contributed by atoms with Crippen LogP contribution in [0.25, 0.3) is 0 Å². The minimum Gasteiger partial charge on any atom is -0.373 e. The van der Waals surface area contributed by atoms with Gasteiger partial charge in [0.15, 0.2) is 0 Å². The summed E-state index contributed by atoms with van der Waals surface area (Å²) >= 11 is 7.56. The summed E-state index contributed by atoms with van der Waals surface area (Å²) < 4.78 is 0. The van der Waals surface area contributed by atoms with Gasteiger partial charge in [-0.15, -0.1) is 11.3 Å². The highest BCUT2D eigenvalue weighted by Gasteiger charge is 2.11. The molecule has 0 fully saturated rings. The second-order valence-electron chi connectivity index (χ2n) is 3.56. The first-order valence-corrected chi connectivity index (χ1v) is 6.60. The molecule has 0 atom stereocenters. The molecular weight excluding hydrogens is 270 g/mol. The van der Waals surface area contributed by atoms with Crippen LogP contribution in [0.15, 0.2) is 29.8 Å². The SMILES string of the molecule is CNc1cc(C(=O)NCc2cccs2)c(Cl)cn1. The van der Waals surface area contributed by atoms with Crippen molar-refractivity contribution < 1.29 is 4.79 Å². The number of thiophene rings is 1. The molecule has 0 saturated heterocycles. The lowest BCUT2D eigenvalue weighted by Gasteiger charge is -2.07. The van der Waals surface area contributed by atoms with E-state index in [0.717, 1.165) is 4.88 Å². The van der Waals surface area contributed by atoms with Gasteiger partial charge < -0.3 is 10.6 Å². The molecule has 2 aromatic heterocycles. The van der Waals surface area contributed by atoms with E-state index in [4.69, 9.17) is 11.6 Å². The number of anilines is 1. The number of rotatable bonds is 4. The minimum absolute atomic E-state index is 0.202. The number of hydrogen-bond donors (Lipinski definition) is 2. The van der Waals surface area contributed by atoms with Crippen LogP contribution in [0.2, 0.25) is 5.02 Å². The lowest BCUT2D eigenvalue weighted by molar-refractivity contribution is 0.0951. The minimum atomic E-state index is -0.202. The van der Waals surface area contributed by atoms with E-state index in [0.29, 0.717) is 22.9 Å². The zero-order valence-corrected chi connectivity index (χ0v) is 11.3. The Balaban J connectivity index is 2.08. The molecule has 6 heteroatoms. The number of halogens is 1. The summed E-state index contributed by atoms with van der Waals surface area (Å²) in [6.45, 7) is 0.504. The van der Waals surface area contributed by atoms with Crippen LogP contribution in [-0.4, -0.2) is 17.9 Å². The third-order valence-electron chi connectivity index (χ3n) is 2.36. The van der Waals surface area contributed by atoms with Crippen molar-refractivity contribution in [2.75, 3.05) is 12.4 Å². The number of pyridine rings is 1. The van der Waals surface area contributed by atoms with Crippen LogP contribution < -0.4 is 10.6 Å². The van der Waals surface area contributed by atoms with Crippen molar-refractivity contribution in [1.29, 1.82) is 0 Å². The Labute approximate surface area is 114 Å². The Morgan fingerprint density at radius 1 is 1.56 bits per heavy atom. The third kappa shape index (κ3) is 3.00. The summed E-state index contributed by atoms with van der Waals surface area (Å²) in [5, 5.41) is 8.01. The zero-order chi connectivity index (χ0) is 13.0. The van der Waals surface area contributed by atoms with Gasteiger partial charge in [0, 0.05) is 18.1 Å². The Morgan fingerprint density at radius 2 is 2.39 bits per heavy atom. The van der Waals surface area contributed by atoms with Gasteiger partial charge in [0.1, 0.15) is 5.82 Å². The molecule has 0 bridgehead atoms. The van der Waals surface area contributed by atoms with Crippen LogP contribution in [0.4, 0.5) is 5.82 Å². The standard InChI is InChI=1S/C12H12ClN3OS/c1-14-11-5-9(10(13)7-15-11)12(17)16-6-8-3-2-4-18-8/h2-5,7H,6H2,1H3,(H,14,15)(H,16,17). The molecule has 2 rings (SSSR count). The molecule has 2 heterocycles. The summed E-state index contributed by atoms with van der Waals surface area (Å²) in [6.07, 6.45) is 1.47. The highest BCUT2D eigenvalue weighted by Crippen LogP contribution is 2.18. The van der Waals surface area contributed by atoms with E-state index in [-0.39, 0.29) is 5.91 Å². The second kappa shape index (κ2) is 5.84. The average molecular weight is 282 g/mol. The van der Waals surface area contributed by atoms with Crippen LogP contribution in [0.3, 0.4) is 0 Å². The first-order chi connectivity index (χ1) is 8.70. The molecule has 4 nitrogen and oxygen atoms in total. The monoisotopic (exact) mass is 281 g/mol. The largest absolute Gasteiger partial charge is 0.373 e. The van der Waals surface area contributed by atoms with Crippen LogP contribution in [0.1, 0.15) is 15.2 Å². The average Bonchev–Trinajstić information content (AvgIpc) is 2.89. The van der Waals surface area contributed by atoms with Crippen molar-refractivity contribution in [1.82, 2.24) is 10.3 Å². The van der Waals surface area contributed by atoms with Crippen LogP contribution in [0.5, 0.6) is 0 Å². The van der Waals surface area contributed by atoms with Crippen molar-refractivity contribution in [2.24, 2.45) is 0 Å². The molecule has 2 N–H and O–H groups in total. The number of carbonyl (C=O) groups is 1. The van der Waals surface area contributed by atoms with Crippen molar-refractivity contribution in [3.8, 4) is 0 Å². The van der Waals surface area contributed by atoms with E-state index in [9.17, 15) is 4.79 Å². The topological polar surface area (TPSA) is 54.0 Å². The van der Waals surface area contributed by atoms with E-state index in [2.05, 4.69) is 15.6 Å². The summed E-state index contributed by atoms with van der Waals surface area (Å²) in [4.78, 5) is 17.1. The summed E-state index contributed by atoms with van der Waals surface area (Å²) in [7, 11) is 1.74. The molecule has 0 saturated carbocycles. The third-order valence-corrected chi connectivity index (χ3v) is 3.54. The first-order valence-electron chi connectivity index (χ1n) is 5.34. The van der Waals surface area contributed by atoms with Gasteiger partial charge in [-0.3, -0.25) is 4.79 Å². The maximum Gasteiger partial charge on any atom is 0.253 e. The number of amides is 1. The molecule has 0 aromatic carbocycles. The van der Waals surface area contributed by atoms with Gasteiger partial charge >= 0.3 is 0 Å². The zero-order valence-electron chi connectivity index (χ0n) is 9.74. The maximum absolute atomic E-state index is 12.0. The number of aromatic nitrogens is 1. The predicted octanol–water partition coefficient (Wildman–Crippen LogP) is 2.77. The molecule has 0 aliphatic heterocycles. The molecule has 0 spiro atoms. The highest BCUT2D eigenvalue weighted by atomic mass is 35.5. The van der Waals surface area contributed by atoms with Crippen LogP contribution >= 0.6 is 22.9 Å². The second-order valence-corrected chi connectivity index (χ2v) is 5.00. The predicted molar refractivity (Wildman–Crippen MR) is 74.3 cm³/mol. The van der Waals surface area contributed by atoms with Gasteiger partial charge in [0.25, 0.3) is 5.91 Å². The van der Waals surface area contributed by atoms with Gasteiger partial charge in [-0.1, -0.05) is 17.7 Å². The van der Waals surface area contributed by atoms with Gasteiger partial charge in [-0.05, 0) is 17.5 Å². The van der Waals surface area contributed by atoms with E-state index < -0.39 is 0 Å². The van der Waals surface area contributed by atoms with Gasteiger partial charge in [-0.25, -0.2) is 4.98 Å². The van der Waals surface area contributed by atoms with Gasteiger partial charge in [-0.2, -0.15) is 0 Å². The number of nitrogens with one attached hydrogen (secondary N) is 2. The normalized spacial score (nSPS) is 10.1. The fourth-order valence-corrected chi connectivity index (χ4v) is 2.26. The number of hydrogen-bond acceptors (Lipinski definition) is 4. The molecule has 1 amide bonds.